The molecule has 0 bridgehead atoms. The van der Waals surface area contributed by atoms with Gasteiger partial charge in [0.2, 0.25) is 10.0 Å². The summed E-state index contributed by atoms with van der Waals surface area (Å²) in [6.45, 7) is 0.957. The van der Waals surface area contributed by atoms with Crippen LogP contribution in [-0.4, -0.2) is 42.5 Å². The van der Waals surface area contributed by atoms with Crippen LogP contribution >= 0.6 is 11.6 Å². The van der Waals surface area contributed by atoms with E-state index in [4.69, 9.17) is 22.6 Å². The summed E-state index contributed by atoms with van der Waals surface area (Å²) in [4.78, 5) is 3.95. The summed E-state index contributed by atoms with van der Waals surface area (Å²) < 4.78 is 26.6. The van der Waals surface area contributed by atoms with Crippen LogP contribution < -0.4 is 11.3 Å². The van der Waals surface area contributed by atoms with Crippen LogP contribution in [-0.2, 0) is 10.0 Å². The zero-order chi connectivity index (χ0) is 15.5. The Kier molecular flexibility index (Phi) is 5.39. The molecule has 0 spiro atoms. The number of aliphatic hydroxyl groups is 1. The second kappa shape index (κ2) is 6.89. The largest absolute Gasteiger partial charge is 0.396 e. The van der Waals surface area contributed by atoms with Gasteiger partial charge in [0.05, 0.1) is 5.02 Å². The fourth-order valence-corrected chi connectivity index (χ4v) is 4.29. The van der Waals surface area contributed by atoms with E-state index in [0.717, 1.165) is 12.8 Å². The smallest absolute Gasteiger partial charge is 0.244 e. The Bertz CT molecular complexity index is 594. The molecule has 1 saturated heterocycles. The number of hydrazine groups is 1. The average molecular weight is 335 g/mol. The van der Waals surface area contributed by atoms with Crippen LogP contribution in [0.25, 0.3) is 0 Å². The number of piperidine rings is 1. The number of nitrogens with one attached hydrogen (secondary N) is 1. The number of anilines is 1. The van der Waals surface area contributed by atoms with Crippen molar-refractivity contribution in [3.8, 4) is 0 Å². The van der Waals surface area contributed by atoms with Crippen molar-refractivity contribution in [2.75, 3.05) is 25.1 Å². The van der Waals surface area contributed by atoms with Gasteiger partial charge in [-0.1, -0.05) is 11.6 Å². The zero-order valence-corrected chi connectivity index (χ0v) is 13.1. The SMILES string of the molecule is NNc1ncc(S(=O)(=O)N2CCCC(CCO)C2)cc1Cl. The van der Waals surface area contributed by atoms with Gasteiger partial charge in [0.25, 0.3) is 0 Å². The summed E-state index contributed by atoms with van der Waals surface area (Å²) in [6.07, 6.45) is 3.57. The summed E-state index contributed by atoms with van der Waals surface area (Å²) in [7, 11) is -3.62. The Balaban J connectivity index is 2.23. The number of nitrogens with zero attached hydrogens (tertiary/aromatic N) is 2. The van der Waals surface area contributed by atoms with Crippen LogP contribution in [0.15, 0.2) is 17.2 Å². The van der Waals surface area contributed by atoms with Crippen molar-refractivity contribution in [1.82, 2.24) is 9.29 Å². The van der Waals surface area contributed by atoms with Gasteiger partial charge in [0.1, 0.15) is 4.90 Å². The molecule has 7 nitrogen and oxygen atoms in total. The van der Waals surface area contributed by atoms with Gasteiger partial charge in [-0.3, -0.25) is 0 Å². The quantitative estimate of drug-likeness (QED) is 0.543. The highest BCUT2D eigenvalue weighted by atomic mass is 35.5. The molecule has 0 radical (unpaired) electrons. The Morgan fingerprint density at radius 1 is 1.57 bits per heavy atom. The predicted octanol–water partition coefficient (Wildman–Crippen LogP) is 0.804. The van der Waals surface area contributed by atoms with Crippen LogP contribution in [0, 0.1) is 5.92 Å². The Labute approximate surface area is 129 Å². The molecule has 0 saturated carbocycles. The summed E-state index contributed by atoms with van der Waals surface area (Å²) in [5, 5.41) is 9.16. The molecule has 2 heterocycles. The van der Waals surface area contributed by atoms with Crippen LogP contribution in [0.1, 0.15) is 19.3 Å². The lowest BCUT2D eigenvalue weighted by atomic mass is 9.97. The molecule has 0 aromatic carbocycles. The first-order chi connectivity index (χ1) is 9.98. The number of aromatic nitrogens is 1. The highest BCUT2D eigenvalue weighted by Gasteiger charge is 2.30. The van der Waals surface area contributed by atoms with Crippen molar-refractivity contribution in [3.63, 3.8) is 0 Å². The molecule has 0 amide bonds. The first-order valence-electron chi connectivity index (χ1n) is 6.72. The lowest BCUT2D eigenvalue weighted by Gasteiger charge is -2.31. The van der Waals surface area contributed by atoms with E-state index in [-0.39, 0.29) is 28.3 Å². The molecule has 118 valence electrons. The van der Waals surface area contributed by atoms with E-state index in [1.165, 1.54) is 16.6 Å². The molecule has 0 aliphatic carbocycles. The third kappa shape index (κ3) is 3.64. The maximum Gasteiger partial charge on any atom is 0.244 e. The van der Waals surface area contributed by atoms with Crippen molar-refractivity contribution in [2.45, 2.75) is 24.2 Å². The number of pyridine rings is 1. The number of sulfonamides is 1. The van der Waals surface area contributed by atoms with Gasteiger partial charge in [0.15, 0.2) is 5.82 Å². The molecule has 1 aromatic rings. The second-order valence-corrected chi connectivity index (χ2v) is 7.37. The zero-order valence-electron chi connectivity index (χ0n) is 11.5. The monoisotopic (exact) mass is 334 g/mol. The van der Waals surface area contributed by atoms with E-state index in [2.05, 4.69) is 10.4 Å². The first kappa shape index (κ1) is 16.4. The Morgan fingerprint density at radius 2 is 2.33 bits per heavy atom. The minimum absolute atomic E-state index is 0.0520. The van der Waals surface area contributed by atoms with E-state index < -0.39 is 10.0 Å². The van der Waals surface area contributed by atoms with E-state index in [1.54, 1.807) is 0 Å². The predicted molar refractivity (Wildman–Crippen MR) is 80.2 cm³/mol. The van der Waals surface area contributed by atoms with Gasteiger partial charge in [-0.2, -0.15) is 4.31 Å². The van der Waals surface area contributed by atoms with Crippen molar-refractivity contribution in [1.29, 1.82) is 0 Å². The molecule has 1 aromatic heterocycles. The molecule has 2 rings (SSSR count). The molecule has 1 unspecified atom stereocenters. The highest BCUT2D eigenvalue weighted by molar-refractivity contribution is 7.89. The number of hydrogen-bond donors (Lipinski definition) is 3. The fourth-order valence-electron chi connectivity index (χ4n) is 2.48. The second-order valence-electron chi connectivity index (χ2n) is 5.03. The molecular weight excluding hydrogens is 316 g/mol. The lowest BCUT2D eigenvalue weighted by Crippen LogP contribution is -2.40. The maximum absolute atomic E-state index is 12.6. The number of hydrogen-bond acceptors (Lipinski definition) is 6. The van der Waals surface area contributed by atoms with Crippen LogP contribution in [0.4, 0.5) is 5.82 Å². The van der Waals surface area contributed by atoms with Crippen LogP contribution in [0.5, 0.6) is 0 Å². The van der Waals surface area contributed by atoms with Gasteiger partial charge in [0, 0.05) is 25.9 Å². The number of aliphatic hydroxyl groups excluding tert-OH is 1. The molecule has 9 heteroatoms. The molecule has 21 heavy (non-hydrogen) atoms. The van der Waals surface area contributed by atoms with E-state index in [9.17, 15) is 8.42 Å². The Hall–Kier alpha value is -0.930. The van der Waals surface area contributed by atoms with Crippen molar-refractivity contribution in [3.05, 3.63) is 17.3 Å². The number of rotatable bonds is 5. The van der Waals surface area contributed by atoms with Crippen molar-refractivity contribution in [2.24, 2.45) is 11.8 Å². The summed E-state index contributed by atoms with van der Waals surface area (Å²) >= 11 is 5.93. The fraction of sp³-hybridized carbons (Fsp3) is 0.583. The molecule has 1 fully saturated rings. The highest BCUT2D eigenvalue weighted by Crippen LogP contribution is 2.27. The molecular formula is C12H19ClN4O3S. The number of nitrogens with two attached hydrogens (primary N) is 1. The third-order valence-corrected chi connectivity index (χ3v) is 5.73. The minimum atomic E-state index is -3.62. The minimum Gasteiger partial charge on any atom is -0.396 e. The van der Waals surface area contributed by atoms with E-state index in [1.807, 2.05) is 0 Å². The molecule has 1 atom stereocenters. The van der Waals surface area contributed by atoms with Crippen molar-refractivity contribution < 1.29 is 13.5 Å². The third-order valence-electron chi connectivity index (χ3n) is 3.61. The van der Waals surface area contributed by atoms with Crippen LogP contribution in [0.3, 0.4) is 0 Å². The number of halogens is 1. The Morgan fingerprint density at radius 3 is 2.95 bits per heavy atom. The molecule has 1 aliphatic heterocycles. The first-order valence-corrected chi connectivity index (χ1v) is 8.54. The van der Waals surface area contributed by atoms with Gasteiger partial charge in [-0.05, 0) is 31.2 Å². The topological polar surface area (TPSA) is 109 Å². The van der Waals surface area contributed by atoms with Gasteiger partial charge >= 0.3 is 0 Å². The summed E-state index contributed by atoms with van der Waals surface area (Å²) in [6, 6.07) is 1.34. The van der Waals surface area contributed by atoms with Gasteiger partial charge in [-0.15, -0.1) is 0 Å². The van der Waals surface area contributed by atoms with Crippen LogP contribution in [0.2, 0.25) is 5.02 Å². The maximum atomic E-state index is 12.6. The standard InChI is InChI=1S/C12H19ClN4O3S/c13-11-6-10(7-15-12(11)16-14)21(19,20)17-4-1-2-9(8-17)3-5-18/h6-7,9,18H,1-5,8,14H2,(H,15,16). The van der Waals surface area contributed by atoms with Crippen molar-refractivity contribution >= 4 is 27.4 Å². The molecule has 4 N–H and O–H groups in total. The van der Waals surface area contributed by atoms with E-state index in [0.29, 0.717) is 19.5 Å². The van der Waals surface area contributed by atoms with Gasteiger partial charge < -0.3 is 10.5 Å². The lowest BCUT2D eigenvalue weighted by molar-refractivity contribution is 0.203. The summed E-state index contributed by atoms with van der Waals surface area (Å²) in [5.74, 6) is 5.64. The van der Waals surface area contributed by atoms with Gasteiger partial charge in [-0.25, -0.2) is 19.2 Å². The number of nitrogen functional groups attached to an aromatic ring is 1. The normalized spacial score (nSPS) is 20.4. The average Bonchev–Trinajstić information content (AvgIpc) is 2.48. The summed E-state index contributed by atoms with van der Waals surface area (Å²) in [5.41, 5.74) is 2.30. The molecule has 1 aliphatic rings. The van der Waals surface area contributed by atoms with E-state index >= 15 is 0 Å².